The fourth-order valence-corrected chi connectivity index (χ4v) is 0.824. The lowest BCUT2D eigenvalue weighted by Crippen LogP contribution is -2.31. The molecule has 0 radical (unpaired) electrons. The summed E-state index contributed by atoms with van der Waals surface area (Å²) in [6, 6.07) is -2.87. The molecule has 0 bridgehead atoms. The topological polar surface area (TPSA) is 276 Å². The first kappa shape index (κ1) is 26.0. The number of carboxylic acid groups (broad SMARTS) is 3. The number of hydrogen-bond acceptors (Lipinski definition) is 7. The van der Waals surface area contributed by atoms with Crippen molar-refractivity contribution in [1.29, 1.82) is 0 Å². The van der Waals surface area contributed by atoms with E-state index in [-0.39, 0.29) is 25.7 Å². The molecular formula is C11H23N5O8. The Morgan fingerprint density at radius 2 is 1.00 bits per heavy atom. The number of aliphatic carboxylic acids is 3. The molecule has 0 aliphatic rings. The zero-order valence-corrected chi connectivity index (χ0v) is 12.8. The van der Waals surface area contributed by atoms with Crippen molar-refractivity contribution in [1.82, 2.24) is 0 Å². The molecule has 0 rings (SSSR count). The van der Waals surface area contributed by atoms with Gasteiger partial charge in [-0.05, 0) is 12.8 Å². The molecule has 0 saturated heterocycles. The molecule has 140 valence electrons. The summed E-state index contributed by atoms with van der Waals surface area (Å²) in [6.45, 7) is 0. The first-order valence-electron chi connectivity index (χ1n) is 6.33. The molecular weight excluding hydrogens is 330 g/mol. The zero-order chi connectivity index (χ0) is 19.9. The smallest absolute Gasteiger partial charge is 0.320 e. The van der Waals surface area contributed by atoms with Crippen LogP contribution in [0.4, 0.5) is 4.79 Å². The molecule has 0 aliphatic heterocycles. The lowest BCUT2D eigenvalue weighted by Gasteiger charge is -2.01. The Morgan fingerprint density at radius 1 is 0.708 bits per heavy atom. The van der Waals surface area contributed by atoms with Crippen LogP contribution in [0.25, 0.3) is 0 Å². The van der Waals surface area contributed by atoms with Gasteiger partial charge in [-0.15, -0.1) is 0 Å². The van der Waals surface area contributed by atoms with E-state index in [2.05, 4.69) is 11.5 Å². The lowest BCUT2D eigenvalue weighted by atomic mass is 10.2. The van der Waals surface area contributed by atoms with Crippen LogP contribution in [-0.4, -0.2) is 57.2 Å². The predicted octanol–water partition coefficient (Wildman–Crippen LogP) is -3.05. The van der Waals surface area contributed by atoms with E-state index in [1.54, 1.807) is 0 Å². The van der Waals surface area contributed by atoms with Crippen LogP contribution >= 0.6 is 0 Å². The molecule has 0 aliphatic carbocycles. The van der Waals surface area contributed by atoms with Crippen molar-refractivity contribution in [2.45, 2.75) is 37.8 Å². The highest BCUT2D eigenvalue weighted by atomic mass is 16.4. The molecule has 0 heterocycles. The van der Waals surface area contributed by atoms with Gasteiger partial charge in [0, 0.05) is 12.8 Å². The van der Waals surface area contributed by atoms with Crippen LogP contribution in [0.1, 0.15) is 25.7 Å². The Balaban J connectivity index is -0.000000301. The first-order chi connectivity index (χ1) is 10.8. The molecule has 13 heteroatoms. The second-order valence-corrected chi connectivity index (χ2v) is 4.23. The maximum absolute atomic E-state index is 10.1. The van der Waals surface area contributed by atoms with Gasteiger partial charge in [0.2, 0.25) is 5.91 Å². The standard InChI is InChI=1S/C5H10N2O3.C5H9NO4.CH4N2O/c2*6-3(5(9)10)1-2-4(7)8;2-1(3)4/h3H,1-2,6H2,(H2,7,8)(H,9,10);3H,1-2,6H2,(H,7,8)(H,9,10);(H4,2,3,4)/t2*3-;/m00./s1. The lowest BCUT2D eigenvalue weighted by molar-refractivity contribution is -0.140. The Kier molecular flexibility index (Phi) is 16.2. The van der Waals surface area contributed by atoms with E-state index in [0.717, 1.165) is 0 Å². The first-order valence-corrected chi connectivity index (χ1v) is 6.33. The molecule has 0 spiro atoms. The van der Waals surface area contributed by atoms with Crippen LogP contribution in [-0.2, 0) is 19.2 Å². The minimum absolute atomic E-state index is 0.0213. The number of carbonyl (C=O) groups is 5. The van der Waals surface area contributed by atoms with Crippen molar-refractivity contribution in [2.24, 2.45) is 28.7 Å². The average molecular weight is 353 g/mol. The third-order valence-electron chi connectivity index (χ3n) is 2.01. The van der Waals surface area contributed by atoms with Gasteiger partial charge in [0.05, 0.1) is 0 Å². The number of carboxylic acids is 3. The monoisotopic (exact) mass is 353 g/mol. The van der Waals surface area contributed by atoms with Crippen LogP contribution in [0.3, 0.4) is 0 Å². The van der Waals surface area contributed by atoms with Gasteiger partial charge in [-0.2, -0.15) is 0 Å². The highest BCUT2D eigenvalue weighted by Crippen LogP contribution is 1.93. The third kappa shape index (κ3) is 27.4. The summed E-state index contributed by atoms with van der Waals surface area (Å²) >= 11 is 0. The van der Waals surface area contributed by atoms with Gasteiger partial charge >= 0.3 is 23.9 Å². The van der Waals surface area contributed by atoms with Crippen molar-refractivity contribution in [3.05, 3.63) is 0 Å². The molecule has 0 fully saturated rings. The number of primary amides is 3. The summed E-state index contributed by atoms with van der Waals surface area (Å²) in [4.78, 5) is 49.0. The summed E-state index contributed by atoms with van der Waals surface area (Å²) in [5.74, 6) is -3.84. The van der Waals surface area contributed by atoms with Crippen molar-refractivity contribution >= 4 is 29.8 Å². The minimum atomic E-state index is -1.17. The number of nitrogens with two attached hydrogens (primary N) is 5. The normalized spacial score (nSPS) is 11.4. The SMILES string of the molecule is NC(=O)CC[C@H](N)C(=O)O.NC(N)=O.N[C@@H](CCC(=O)O)C(=O)O. The van der Waals surface area contributed by atoms with Crippen LogP contribution in [0.5, 0.6) is 0 Å². The summed E-state index contributed by atoms with van der Waals surface area (Å²) in [5, 5.41) is 24.5. The van der Waals surface area contributed by atoms with Gasteiger partial charge in [-0.3, -0.25) is 19.2 Å². The van der Waals surface area contributed by atoms with Crippen LogP contribution in [0, 0.1) is 0 Å². The summed E-state index contributed by atoms with van der Waals surface area (Å²) in [5.41, 5.74) is 23.3. The fraction of sp³-hybridized carbons (Fsp3) is 0.545. The van der Waals surface area contributed by atoms with E-state index in [9.17, 15) is 19.2 Å². The second kappa shape index (κ2) is 15.0. The highest BCUT2D eigenvalue weighted by molar-refractivity contribution is 5.77. The van der Waals surface area contributed by atoms with Crippen molar-refractivity contribution in [3.8, 4) is 0 Å². The average Bonchev–Trinajstić information content (AvgIpc) is 2.41. The minimum Gasteiger partial charge on any atom is -0.481 e. The van der Waals surface area contributed by atoms with Crippen molar-refractivity contribution in [3.63, 3.8) is 0 Å². The fourth-order valence-electron chi connectivity index (χ4n) is 0.824. The van der Waals surface area contributed by atoms with Crippen LogP contribution < -0.4 is 28.7 Å². The molecule has 13 nitrogen and oxygen atoms in total. The Bertz CT molecular complexity index is 404. The number of urea groups is 1. The largest absolute Gasteiger partial charge is 0.481 e. The molecule has 2 atom stereocenters. The van der Waals surface area contributed by atoms with Gasteiger partial charge in [0.15, 0.2) is 0 Å². The molecule has 13 N–H and O–H groups in total. The quantitative estimate of drug-likeness (QED) is 0.218. The number of carbonyl (C=O) groups excluding carboxylic acids is 2. The molecule has 0 saturated carbocycles. The van der Waals surface area contributed by atoms with Crippen molar-refractivity contribution < 1.29 is 39.3 Å². The van der Waals surface area contributed by atoms with E-state index >= 15 is 0 Å². The summed E-state index contributed by atoms with van der Waals surface area (Å²) in [7, 11) is 0. The Morgan fingerprint density at radius 3 is 1.21 bits per heavy atom. The maximum Gasteiger partial charge on any atom is 0.320 e. The van der Waals surface area contributed by atoms with E-state index in [1.165, 1.54) is 0 Å². The Hall–Kier alpha value is -2.93. The van der Waals surface area contributed by atoms with E-state index < -0.39 is 41.9 Å². The van der Waals surface area contributed by atoms with E-state index in [0.29, 0.717) is 0 Å². The Labute approximate surface area is 136 Å². The van der Waals surface area contributed by atoms with Crippen LogP contribution in [0.2, 0.25) is 0 Å². The molecule has 0 aromatic heterocycles. The number of rotatable bonds is 8. The number of hydrogen-bond donors (Lipinski definition) is 8. The molecule has 24 heavy (non-hydrogen) atoms. The third-order valence-corrected chi connectivity index (χ3v) is 2.01. The maximum atomic E-state index is 10.1. The van der Waals surface area contributed by atoms with E-state index in [4.69, 9.17) is 37.3 Å². The number of amides is 3. The van der Waals surface area contributed by atoms with Crippen molar-refractivity contribution in [2.75, 3.05) is 0 Å². The molecule has 3 amide bonds. The van der Waals surface area contributed by atoms with Gasteiger partial charge in [0.1, 0.15) is 12.1 Å². The van der Waals surface area contributed by atoms with Gasteiger partial charge in [-0.1, -0.05) is 0 Å². The summed E-state index contributed by atoms with van der Waals surface area (Å²) in [6.07, 6.45) is -0.101. The molecule has 0 aromatic carbocycles. The highest BCUT2D eigenvalue weighted by Gasteiger charge is 2.12. The van der Waals surface area contributed by atoms with Crippen LogP contribution in [0.15, 0.2) is 0 Å². The summed E-state index contributed by atoms with van der Waals surface area (Å²) < 4.78 is 0. The van der Waals surface area contributed by atoms with E-state index in [1.807, 2.05) is 0 Å². The molecule has 0 aromatic rings. The zero-order valence-electron chi connectivity index (χ0n) is 12.8. The van der Waals surface area contributed by atoms with Gasteiger partial charge < -0.3 is 44.0 Å². The van der Waals surface area contributed by atoms with Gasteiger partial charge in [-0.25, -0.2) is 4.79 Å². The van der Waals surface area contributed by atoms with Gasteiger partial charge in [0.25, 0.3) is 0 Å². The molecule has 0 unspecified atom stereocenters. The predicted molar refractivity (Wildman–Crippen MR) is 80.3 cm³/mol. The second-order valence-electron chi connectivity index (χ2n) is 4.23.